The van der Waals surface area contributed by atoms with Crippen LogP contribution in [0.2, 0.25) is 0 Å². The highest BCUT2D eigenvalue weighted by atomic mass is 32.2. The lowest BCUT2D eigenvalue weighted by atomic mass is 10.2. The summed E-state index contributed by atoms with van der Waals surface area (Å²) in [6.07, 6.45) is 4.41. The zero-order chi connectivity index (χ0) is 18.8. The van der Waals surface area contributed by atoms with Crippen molar-refractivity contribution >= 4 is 40.3 Å². The molecule has 1 saturated carbocycles. The Morgan fingerprint density at radius 3 is 2.52 bits per heavy atom. The summed E-state index contributed by atoms with van der Waals surface area (Å²) in [5.41, 5.74) is 1.18. The van der Waals surface area contributed by atoms with Crippen LogP contribution in [0.3, 0.4) is 0 Å². The fourth-order valence-electron chi connectivity index (χ4n) is 3.13. The number of likely N-dealkylation sites (tertiary alicyclic amines) is 1. The van der Waals surface area contributed by atoms with Crippen LogP contribution >= 0.6 is 11.8 Å². The smallest absolute Gasteiger partial charge is 0.262 e. The Bertz CT molecular complexity index is 783. The number of carbonyl (C=O) groups is 3. The highest BCUT2D eigenvalue weighted by Crippen LogP contribution is 2.29. The molecule has 0 unspecified atom stereocenters. The molecule has 4 rings (SSSR count). The summed E-state index contributed by atoms with van der Waals surface area (Å²) in [5, 5.41) is 6.02. The van der Waals surface area contributed by atoms with Crippen molar-refractivity contribution in [3.05, 3.63) is 29.8 Å². The predicted octanol–water partition coefficient (Wildman–Crippen LogP) is 2.00. The van der Waals surface area contributed by atoms with Gasteiger partial charge in [0.1, 0.15) is 5.25 Å². The van der Waals surface area contributed by atoms with Gasteiger partial charge in [-0.3, -0.25) is 14.4 Å². The first kappa shape index (κ1) is 18.0. The van der Waals surface area contributed by atoms with Crippen molar-refractivity contribution in [3.63, 3.8) is 0 Å². The second-order valence-electron chi connectivity index (χ2n) is 7.11. The molecule has 3 aliphatic rings. The van der Waals surface area contributed by atoms with Crippen molar-refractivity contribution in [1.29, 1.82) is 0 Å². The lowest BCUT2D eigenvalue weighted by Gasteiger charge is -2.16. The number of hydrogen-bond donors (Lipinski definition) is 2. The summed E-state index contributed by atoms with van der Waals surface area (Å²) in [4.78, 5) is 42.6. The van der Waals surface area contributed by atoms with Crippen LogP contribution in [0.25, 0.3) is 0 Å². The van der Waals surface area contributed by atoms with Crippen LogP contribution in [0, 0.1) is 0 Å². The Kier molecular flexibility index (Phi) is 5.15. The van der Waals surface area contributed by atoms with Gasteiger partial charge in [-0.15, -0.1) is 0 Å². The zero-order valence-corrected chi connectivity index (χ0v) is 15.8. The minimum atomic E-state index is -0.454. The molecular formula is C19H22N4O3S. The Hall–Kier alpha value is -2.35. The van der Waals surface area contributed by atoms with Gasteiger partial charge in [-0.05, 0) is 49.9 Å². The fourth-order valence-corrected chi connectivity index (χ4v) is 4.25. The van der Waals surface area contributed by atoms with E-state index in [0.717, 1.165) is 43.9 Å². The molecule has 2 heterocycles. The zero-order valence-electron chi connectivity index (χ0n) is 14.9. The van der Waals surface area contributed by atoms with Gasteiger partial charge in [0.05, 0.1) is 0 Å². The van der Waals surface area contributed by atoms with Gasteiger partial charge in [-0.1, -0.05) is 11.8 Å². The minimum Gasteiger partial charge on any atom is -0.351 e. The largest absolute Gasteiger partial charge is 0.351 e. The summed E-state index contributed by atoms with van der Waals surface area (Å²) in [6, 6.07) is 7.10. The molecule has 1 aliphatic carbocycles. The van der Waals surface area contributed by atoms with E-state index in [-0.39, 0.29) is 24.1 Å². The van der Waals surface area contributed by atoms with E-state index < -0.39 is 5.25 Å². The lowest BCUT2D eigenvalue weighted by molar-refractivity contribution is -0.121. The van der Waals surface area contributed by atoms with E-state index in [0.29, 0.717) is 17.3 Å². The Labute approximate surface area is 162 Å². The number of nitrogens with zero attached hydrogens (tertiary/aromatic N) is 2. The molecule has 2 fully saturated rings. The van der Waals surface area contributed by atoms with E-state index in [2.05, 4.69) is 20.5 Å². The first-order valence-electron chi connectivity index (χ1n) is 9.33. The third-order valence-electron chi connectivity index (χ3n) is 4.82. The Balaban J connectivity index is 1.28. The Morgan fingerprint density at radius 2 is 1.85 bits per heavy atom. The second-order valence-corrected chi connectivity index (χ2v) is 8.28. The molecule has 7 nitrogen and oxygen atoms in total. The molecule has 2 N–H and O–H groups in total. The average Bonchev–Trinajstić information content (AvgIpc) is 3.15. The van der Waals surface area contributed by atoms with E-state index >= 15 is 0 Å². The SMILES string of the molecule is O=C(C[C@H]1SC(N2CCCC2)=NC1=O)Nc1ccc(C(=O)NC2CC2)cc1. The van der Waals surface area contributed by atoms with Crippen LogP contribution in [0.4, 0.5) is 5.69 Å². The number of nitrogens with one attached hydrogen (secondary N) is 2. The molecule has 27 heavy (non-hydrogen) atoms. The molecule has 1 saturated heterocycles. The molecule has 3 amide bonds. The summed E-state index contributed by atoms with van der Waals surface area (Å²) in [6.45, 7) is 1.86. The van der Waals surface area contributed by atoms with Gasteiger partial charge in [-0.25, -0.2) is 0 Å². The number of hydrogen-bond acceptors (Lipinski definition) is 5. The van der Waals surface area contributed by atoms with Crippen LogP contribution in [-0.2, 0) is 9.59 Å². The number of carbonyl (C=O) groups excluding carboxylic acids is 3. The third kappa shape index (κ3) is 4.50. The number of amides is 3. The van der Waals surface area contributed by atoms with Crippen LogP contribution in [0.5, 0.6) is 0 Å². The van der Waals surface area contributed by atoms with Gasteiger partial charge in [-0.2, -0.15) is 4.99 Å². The van der Waals surface area contributed by atoms with Crippen LogP contribution < -0.4 is 10.6 Å². The van der Waals surface area contributed by atoms with Gasteiger partial charge in [0.25, 0.3) is 11.8 Å². The van der Waals surface area contributed by atoms with Crippen molar-refractivity contribution in [2.75, 3.05) is 18.4 Å². The van der Waals surface area contributed by atoms with Gasteiger partial charge >= 0.3 is 0 Å². The molecule has 142 valence electrons. The molecule has 1 aromatic carbocycles. The molecule has 8 heteroatoms. The molecule has 0 spiro atoms. The maximum Gasteiger partial charge on any atom is 0.262 e. The first-order valence-corrected chi connectivity index (χ1v) is 10.2. The number of amidine groups is 1. The van der Waals surface area contributed by atoms with Crippen LogP contribution in [-0.4, -0.2) is 52.2 Å². The average molecular weight is 386 g/mol. The quantitative estimate of drug-likeness (QED) is 0.808. The maximum absolute atomic E-state index is 12.3. The number of anilines is 1. The fraction of sp³-hybridized carbons (Fsp3) is 0.474. The number of benzene rings is 1. The molecule has 0 radical (unpaired) electrons. The molecule has 2 aliphatic heterocycles. The minimum absolute atomic E-state index is 0.0880. The number of thioether (sulfide) groups is 1. The monoisotopic (exact) mass is 386 g/mol. The molecular weight excluding hydrogens is 364 g/mol. The normalized spacial score (nSPS) is 21.9. The highest BCUT2D eigenvalue weighted by Gasteiger charge is 2.33. The molecule has 0 bridgehead atoms. The number of rotatable bonds is 5. The maximum atomic E-state index is 12.3. The summed E-state index contributed by atoms with van der Waals surface area (Å²) < 4.78 is 0. The van der Waals surface area contributed by atoms with Crippen molar-refractivity contribution in [2.45, 2.75) is 43.4 Å². The standard InChI is InChI=1S/C19H22N4O3S/c24-16(11-15-18(26)22-19(27-15)23-9-1-2-10-23)20-13-5-3-12(4-6-13)17(25)21-14-7-8-14/h3-6,14-15H,1-2,7-11H2,(H,20,24)(H,21,25)/t15-/m1/s1. The highest BCUT2D eigenvalue weighted by molar-refractivity contribution is 8.15. The van der Waals surface area contributed by atoms with Gasteiger partial charge in [0.2, 0.25) is 5.91 Å². The van der Waals surface area contributed by atoms with E-state index in [4.69, 9.17) is 0 Å². The van der Waals surface area contributed by atoms with E-state index in [1.54, 1.807) is 24.3 Å². The van der Waals surface area contributed by atoms with Crippen molar-refractivity contribution in [2.24, 2.45) is 4.99 Å². The second kappa shape index (κ2) is 7.72. The van der Waals surface area contributed by atoms with E-state index in [1.165, 1.54) is 11.8 Å². The third-order valence-corrected chi connectivity index (χ3v) is 6.03. The molecule has 1 aromatic rings. The number of aliphatic imine (C=N–C) groups is 1. The van der Waals surface area contributed by atoms with Gasteiger partial charge < -0.3 is 15.5 Å². The summed E-state index contributed by atoms with van der Waals surface area (Å²) in [5.74, 6) is -0.548. The molecule has 0 aromatic heterocycles. The van der Waals surface area contributed by atoms with Crippen molar-refractivity contribution < 1.29 is 14.4 Å². The van der Waals surface area contributed by atoms with E-state index in [9.17, 15) is 14.4 Å². The predicted molar refractivity (Wildman–Crippen MR) is 105 cm³/mol. The van der Waals surface area contributed by atoms with E-state index in [1.807, 2.05) is 0 Å². The molecule has 1 atom stereocenters. The first-order chi connectivity index (χ1) is 13.1. The Morgan fingerprint density at radius 1 is 1.15 bits per heavy atom. The van der Waals surface area contributed by atoms with Crippen LogP contribution in [0.1, 0.15) is 42.5 Å². The van der Waals surface area contributed by atoms with Crippen LogP contribution in [0.15, 0.2) is 29.3 Å². The van der Waals surface area contributed by atoms with Crippen molar-refractivity contribution in [1.82, 2.24) is 10.2 Å². The van der Waals surface area contributed by atoms with Gasteiger partial charge in [0, 0.05) is 36.8 Å². The van der Waals surface area contributed by atoms with Gasteiger partial charge in [0.15, 0.2) is 5.17 Å². The lowest BCUT2D eigenvalue weighted by Crippen LogP contribution is -2.25. The summed E-state index contributed by atoms with van der Waals surface area (Å²) in [7, 11) is 0. The van der Waals surface area contributed by atoms with Crippen molar-refractivity contribution in [3.8, 4) is 0 Å². The topological polar surface area (TPSA) is 90.9 Å². The summed E-state index contributed by atoms with van der Waals surface area (Å²) >= 11 is 1.39.